The van der Waals surface area contributed by atoms with Crippen LogP contribution in [0.25, 0.3) is 10.9 Å². The average Bonchev–Trinajstić information content (AvgIpc) is 2.33. The van der Waals surface area contributed by atoms with Crippen LogP contribution in [0.4, 0.5) is 4.39 Å². The van der Waals surface area contributed by atoms with Crippen LogP contribution in [0.2, 0.25) is 0 Å². The molecule has 0 aliphatic heterocycles. The highest BCUT2D eigenvalue weighted by atomic mass is 19.1. The molecule has 0 amide bonds. The minimum absolute atomic E-state index is 0.0523. The van der Waals surface area contributed by atoms with Gasteiger partial charge in [-0.3, -0.25) is 4.98 Å². The summed E-state index contributed by atoms with van der Waals surface area (Å²) in [7, 11) is 0. The summed E-state index contributed by atoms with van der Waals surface area (Å²) in [5, 5.41) is 12.1. The second-order valence-corrected chi connectivity index (χ2v) is 3.51. The van der Waals surface area contributed by atoms with Crippen molar-refractivity contribution >= 4 is 10.9 Å². The SMILES string of the molecule is OCCNCc1ccc2ncccc2c1F. The normalized spacial score (nSPS) is 10.9. The fraction of sp³-hybridized carbons (Fsp3) is 0.250. The van der Waals surface area contributed by atoms with Crippen LogP contribution in [0.3, 0.4) is 0 Å². The summed E-state index contributed by atoms with van der Waals surface area (Å²) in [4.78, 5) is 4.08. The number of rotatable bonds is 4. The maximum atomic E-state index is 14.0. The van der Waals surface area contributed by atoms with Crippen LogP contribution in [-0.2, 0) is 6.54 Å². The molecule has 84 valence electrons. The molecule has 0 spiro atoms. The third kappa shape index (κ3) is 2.18. The smallest absolute Gasteiger partial charge is 0.137 e. The van der Waals surface area contributed by atoms with E-state index in [9.17, 15) is 4.39 Å². The molecule has 16 heavy (non-hydrogen) atoms. The number of aliphatic hydroxyl groups excluding tert-OH is 1. The van der Waals surface area contributed by atoms with Crippen molar-refractivity contribution in [1.29, 1.82) is 0 Å². The van der Waals surface area contributed by atoms with Gasteiger partial charge in [0, 0.05) is 30.2 Å². The first-order valence-corrected chi connectivity index (χ1v) is 5.16. The molecule has 0 aliphatic carbocycles. The molecule has 0 fully saturated rings. The van der Waals surface area contributed by atoms with Gasteiger partial charge in [-0.05, 0) is 18.2 Å². The molecule has 0 aliphatic rings. The van der Waals surface area contributed by atoms with E-state index in [0.29, 0.717) is 29.6 Å². The lowest BCUT2D eigenvalue weighted by atomic mass is 10.1. The number of fused-ring (bicyclic) bond motifs is 1. The minimum Gasteiger partial charge on any atom is -0.395 e. The van der Waals surface area contributed by atoms with E-state index >= 15 is 0 Å². The number of hydrogen-bond donors (Lipinski definition) is 2. The fourth-order valence-electron chi connectivity index (χ4n) is 1.60. The van der Waals surface area contributed by atoms with Gasteiger partial charge in [0.2, 0.25) is 0 Å². The van der Waals surface area contributed by atoms with Crippen LogP contribution in [0.15, 0.2) is 30.5 Å². The summed E-state index contributed by atoms with van der Waals surface area (Å²) in [6.07, 6.45) is 1.64. The Morgan fingerprint density at radius 3 is 3.00 bits per heavy atom. The molecule has 1 aromatic carbocycles. The van der Waals surface area contributed by atoms with Crippen molar-refractivity contribution < 1.29 is 9.50 Å². The van der Waals surface area contributed by atoms with E-state index in [0.717, 1.165) is 0 Å². The van der Waals surface area contributed by atoms with Crippen molar-refractivity contribution in [2.75, 3.05) is 13.2 Å². The Morgan fingerprint density at radius 1 is 1.31 bits per heavy atom. The Bertz CT molecular complexity index is 487. The van der Waals surface area contributed by atoms with Gasteiger partial charge in [0.1, 0.15) is 5.82 Å². The molecular weight excluding hydrogens is 207 g/mol. The Hall–Kier alpha value is -1.52. The van der Waals surface area contributed by atoms with E-state index in [1.807, 2.05) is 0 Å². The van der Waals surface area contributed by atoms with Gasteiger partial charge in [0.15, 0.2) is 0 Å². The predicted molar refractivity (Wildman–Crippen MR) is 60.5 cm³/mol. The maximum Gasteiger partial charge on any atom is 0.137 e. The number of aliphatic hydroxyl groups is 1. The van der Waals surface area contributed by atoms with E-state index in [4.69, 9.17) is 5.11 Å². The van der Waals surface area contributed by atoms with Crippen molar-refractivity contribution in [3.05, 3.63) is 41.8 Å². The largest absolute Gasteiger partial charge is 0.395 e. The number of hydrogen-bond acceptors (Lipinski definition) is 3. The quantitative estimate of drug-likeness (QED) is 0.767. The topological polar surface area (TPSA) is 45.1 Å². The van der Waals surface area contributed by atoms with E-state index in [2.05, 4.69) is 10.3 Å². The lowest BCUT2D eigenvalue weighted by Crippen LogP contribution is -2.18. The zero-order valence-electron chi connectivity index (χ0n) is 8.78. The molecule has 1 aromatic heterocycles. The predicted octanol–water partition coefficient (Wildman–Crippen LogP) is 1.46. The molecule has 4 heteroatoms. The highest BCUT2D eigenvalue weighted by Gasteiger charge is 2.06. The highest BCUT2D eigenvalue weighted by molar-refractivity contribution is 5.79. The molecule has 3 nitrogen and oxygen atoms in total. The van der Waals surface area contributed by atoms with Crippen LogP contribution < -0.4 is 5.32 Å². The second kappa shape index (κ2) is 5.01. The van der Waals surface area contributed by atoms with Crippen LogP contribution in [0.1, 0.15) is 5.56 Å². The highest BCUT2D eigenvalue weighted by Crippen LogP contribution is 2.18. The second-order valence-electron chi connectivity index (χ2n) is 3.51. The van der Waals surface area contributed by atoms with E-state index in [1.165, 1.54) is 0 Å². The van der Waals surface area contributed by atoms with Gasteiger partial charge in [-0.2, -0.15) is 0 Å². The summed E-state index contributed by atoms with van der Waals surface area (Å²) >= 11 is 0. The maximum absolute atomic E-state index is 14.0. The lowest BCUT2D eigenvalue weighted by molar-refractivity contribution is 0.291. The molecule has 0 atom stereocenters. The van der Waals surface area contributed by atoms with Crippen LogP contribution >= 0.6 is 0 Å². The van der Waals surface area contributed by atoms with Crippen molar-refractivity contribution in [3.8, 4) is 0 Å². The van der Waals surface area contributed by atoms with Gasteiger partial charge in [-0.1, -0.05) is 6.07 Å². The zero-order valence-corrected chi connectivity index (χ0v) is 8.78. The standard InChI is InChI=1S/C12H13FN2O/c13-12-9(8-14-6-7-16)3-4-11-10(12)2-1-5-15-11/h1-5,14,16H,6-8H2. The lowest BCUT2D eigenvalue weighted by Gasteiger charge is -2.06. The first kappa shape index (κ1) is 11.0. The van der Waals surface area contributed by atoms with E-state index in [-0.39, 0.29) is 12.4 Å². The molecule has 0 radical (unpaired) electrons. The van der Waals surface area contributed by atoms with Gasteiger partial charge < -0.3 is 10.4 Å². The number of aromatic nitrogens is 1. The van der Waals surface area contributed by atoms with Gasteiger partial charge in [0.25, 0.3) is 0 Å². The first-order chi connectivity index (χ1) is 7.83. The summed E-state index contributed by atoms with van der Waals surface area (Å²) in [5.74, 6) is -0.240. The van der Waals surface area contributed by atoms with Crippen molar-refractivity contribution in [3.63, 3.8) is 0 Å². The zero-order chi connectivity index (χ0) is 11.4. The van der Waals surface area contributed by atoms with Gasteiger partial charge in [-0.15, -0.1) is 0 Å². The minimum atomic E-state index is -0.240. The molecule has 0 saturated heterocycles. The third-order valence-corrected chi connectivity index (χ3v) is 2.40. The van der Waals surface area contributed by atoms with Crippen LogP contribution in [0.5, 0.6) is 0 Å². The molecular formula is C12H13FN2O. The molecule has 0 bridgehead atoms. The number of nitrogens with one attached hydrogen (secondary N) is 1. The summed E-state index contributed by atoms with van der Waals surface area (Å²) < 4.78 is 14.0. The molecule has 2 aromatic rings. The van der Waals surface area contributed by atoms with Crippen molar-refractivity contribution in [2.24, 2.45) is 0 Å². The average molecular weight is 220 g/mol. The van der Waals surface area contributed by atoms with E-state index < -0.39 is 0 Å². The summed E-state index contributed by atoms with van der Waals surface area (Å²) in [5.41, 5.74) is 1.25. The Kier molecular flexibility index (Phi) is 3.44. The Morgan fingerprint density at radius 2 is 2.19 bits per heavy atom. The van der Waals surface area contributed by atoms with E-state index in [1.54, 1.807) is 30.5 Å². The summed E-state index contributed by atoms with van der Waals surface area (Å²) in [6, 6.07) is 6.95. The van der Waals surface area contributed by atoms with Gasteiger partial charge in [0.05, 0.1) is 12.1 Å². The number of halogens is 1. The molecule has 2 rings (SSSR count). The van der Waals surface area contributed by atoms with Gasteiger partial charge >= 0.3 is 0 Å². The Labute approximate surface area is 92.9 Å². The first-order valence-electron chi connectivity index (χ1n) is 5.16. The molecule has 1 heterocycles. The van der Waals surface area contributed by atoms with Crippen molar-refractivity contribution in [2.45, 2.75) is 6.54 Å². The Balaban J connectivity index is 2.29. The molecule has 0 unspecified atom stereocenters. The number of benzene rings is 1. The fourth-order valence-corrected chi connectivity index (χ4v) is 1.60. The molecule has 2 N–H and O–H groups in total. The van der Waals surface area contributed by atoms with Crippen molar-refractivity contribution in [1.82, 2.24) is 10.3 Å². The summed E-state index contributed by atoms with van der Waals surface area (Å²) in [6.45, 7) is 0.929. The van der Waals surface area contributed by atoms with Crippen LogP contribution in [-0.4, -0.2) is 23.2 Å². The number of nitrogens with zero attached hydrogens (tertiary/aromatic N) is 1. The monoisotopic (exact) mass is 220 g/mol. The van der Waals surface area contributed by atoms with Gasteiger partial charge in [-0.25, -0.2) is 4.39 Å². The van der Waals surface area contributed by atoms with Crippen LogP contribution in [0, 0.1) is 5.82 Å². The molecule has 0 saturated carbocycles. The third-order valence-electron chi connectivity index (χ3n) is 2.40. The number of pyridine rings is 1.